The van der Waals surface area contributed by atoms with Gasteiger partial charge in [-0.2, -0.15) is 0 Å². The summed E-state index contributed by atoms with van der Waals surface area (Å²) in [6.45, 7) is 4.78. The molecule has 8 heteroatoms. The number of hydrogen-bond donors (Lipinski definition) is 0. The first-order valence-electron chi connectivity index (χ1n) is 11.9. The second-order valence-corrected chi connectivity index (χ2v) is 8.81. The third kappa shape index (κ3) is 4.81. The van der Waals surface area contributed by atoms with Crippen molar-refractivity contribution in [1.29, 1.82) is 0 Å². The molecule has 8 nitrogen and oxygen atoms in total. The number of aromatic nitrogens is 3. The van der Waals surface area contributed by atoms with Crippen LogP contribution in [0.1, 0.15) is 12.8 Å². The van der Waals surface area contributed by atoms with Crippen molar-refractivity contribution >= 4 is 17.4 Å². The van der Waals surface area contributed by atoms with E-state index >= 15 is 0 Å². The van der Waals surface area contributed by atoms with E-state index in [4.69, 9.17) is 4.74 Å². The van der Waals surface area contributed by atoms with Gasteiger partial charge in [-0.15, -0.1) is 10.2 Å². The molecule has 1 amide bonds. The maximum absolute atomic E-state index is 13.3. The summed E-state index contributed by atoms with van der Waals surface area (Å²) in [7, 11) is 1.68. The summed E-state index contributed by atoms with van der Waals surface area (Å²) in [5.41, 5.74) is 2.92. The summed E-state index contributed by atoms with van der Waals surface area (Å²) < 4.78 is 5.25. The molecule has 34 heavy (non-hydrogen) atoms. The number of piperazine rings is 1. The fraction of sp³-hybridized carbons (Fsp3) is 0.385. The van der Waals surface area contributed by atoms with Gasteiger partial charge in [0.05, 0.1) is 18.7 Å². The summed E-state index contributed by atoms with van der Waals surface area (Å²) in [5, 5.41) is 8.84. The minimum atomic E-state index is 0.00101. The first-order valence-corrected chi connectivity index (χ1v) is 11.9. The van der Waals surface area contributed by atoms with E-state index in [9.17, 15) is 4.79 Å². The number of piperidine rings is 1. The average Bonchev–Trinajstić information content (AvgIpc) is 2.93. The highest BCUT2D eigenvalue weighted by molar-refractivity contribution is 5.80. The largest absolute Gasteiger partial charge is 0.497 e. The molecule has 1 aromatic carbocycles. The fourth-order valence-electron chi connectivity index (χ4n) is 4.79. The first kappa shape index (κ1) is 22.1. The van der Waals surface area contributed by atoms with Gasteiger partial charge in [-0.25, -0.2) is 0 Å². The molecule has 1 atom stereocenters. The van der Waals surface area contributed by atoms with Crippen molar-refractivity contribution in [2.24, 2.45) is 5.92 Å². The molecule has 3 aromatic rings. The summed E-state index contributed by atoms with van der Waals surface area (Å²) in [6.07, 6.45) is 5.44. The van der Waals surface area contributed by atoms with Gasteiger partial charge in [0.2, 0.25) is 5.91 Å². The standard InChI is InChI=1S/C26H30N6O2/c1-34-23-8-6-22(7-9-23)30-14-16-31(17-15-30)26(33)21-5-3-13-32(19-21)25-11-10-24(28-29-25)20-4-2-12-27-18-20/h2,4,6-12,18,21H,3,5,13-17,19H2,1H3. The number of carbonyl (C=O) groups excluding carboxylic acids is 1. The SMILES string of the molecule is COc1ccc(N2CCN(C(=O)C3CCCN(c4ccc(-c5cccnc5)nn4)C3)CC2)cc1. The molecule has 176 valence electrons. The van der Waals surface area contributed by atoms with Crippen molar-refractivity contribution in [2.75, 3.05) is 56.2 Å². The molecule has 2 fully saturated rings. The van der Waals surface area contributed by atoms with Crippen molar-refractivity contribution in [3.8, 4) is 17.0 Å². The number of methoxy groups -OCH3 is 1. The molecule has 0 radical (unpaired) electrons. The molecule has 0 N–H and O–H groups in total. The zero-order valence-corrected chi connectivity index (χ0v) is 19.5. The molecule has 4 heterocycles. The van der Waals surface area contributed by atoms with Crippen LogP contribution in [0.15, 0.2) is 60.9 Å². The smallest absolute Gasteiger partial charge is 0.227 e. The van der Waals surface area contributed by atoms with Crippen LogP contribution in [-0.2, 0) is 4.79 Å². The fourth-order valence-corrected chi connectivity index (χ4v) is 4.79. The van der Waals surface area contributed by atoms with Crippen LogP contribution in [0.5, 0.6) is 5.75 Å². The number of ether oxygens (including phenoxy) is 1. The van der Waals surface area contributed by atoms with Crippen LogP contribution in [0.4, 0.5) is 11.5 Å². The van der Waals surface area contributed by atoms with Crippen LogP contribution in [0, 0.1) is 5.92 Å². The van der Waals surface area contributed by atoms with Crippen LogP contribution in [0.25, 0.3) is 11.3 Å². The minimum Gasteiger partial charge on any atom is -0.497 e. The molecular weight excluding hydrogens is 428 g/mol. The molecule has 1 unspecified atom stereocenters. The lowest BCUT2D eigenvalue weighted by atomic mass is 9.96. The Bertz CT molecular complexity index is 1080. The lowest BCUT2D eigenvalue weighted by Crippen LogP contribution is -2.52. The third-order valence-electron chi connectivity index (χ3n) is 6.73. The van der Waals surface area contributed by atoms with Crippen molar-refractivity contribution in [1.82, 2.24) is 20.1 Å². The molecule has 2 aliphatic rings. The quantitative estimate of drug-likeness (QED) is 0.582. The average molecular weight is 459 g/mol. The molecule has 0 bridgehead atoms. The first-order chi connectivity index (χ1) is 16.7. The Labute approximate surface area is 200 Å². The highest BCUT2D eigenvalue weighted by Gasteiger charge is 2.31. The Balaban J connectivity index is 1.17. The van der Waals surface area contributed by atoms with Gasteiger partial charge in [-0.05, 0) is 61.4 Å². The molecule has 2 aromatic heterocycles. The second-order valence-electron chi connectivity index (χ2n) is 8.81. The summed E-state index contributed by atoms with van der Waals surface area (Å²) in [4.78, 5) is 24.0. The van der Waals surface area contributed by atoms with E-state index in [1.54, 1.807) is 19.5 Å². The van der Waals surface area contributed by atoms with Gasteiger partial charge in [-0.1, -0.05) is 0 Å². The van der Waals surface area contributed by atoms with Crippen LogP contribution in [0.3, 0.4) is 0 Å². The zero-order chi connectivity index (χ0) is 23.3. The number of carbonyl (C=O) groups is 1. The van der Waals surface area contributed by atoms with Gasteiger partial charge in [0.1, 0.15) is 5.75 Å². The number of benzene rings is 1. The van der Waals surface area contributed by atoms with Crippen LogP contribution in [0.2, 0.25) is 0 Å². The normalized spacial score (nSPS) is 18.6. The van der Waals surface area contributed by atoms with Crippen LogP contribution >= 0.6 is 0 Å². The molecular formula is C26H30N6O2. The number of nitrogens with zero attached hydrogens (tertiary/aromatic N) is 6. The molecule has 0 saturated carbocycles. The maximum atomic E-state index is 13.3. The maximum Gasteiger partial charge on any atom is 0.227 e. The Morgan fingerprint density at radius 2 is 1.76 bits per heavy atom. The summed E-state index contributed by atoms with van der Waals surface area (Å²) in [5.74, 6) is 1.95. The molecule has 5 rings (SSSR count). The molecule has 0 spiro atoms. The predicted octanol–water partition coefficient (Wildman–Crippen LogP) is 3.11. The van der Waals surface area contributed by atoms with Gasteiger partial charge in [0.25, 0.3) is 0 Å². The lowest BCUT2D eigenvalue weighted by molar-refractivity contribution is -0.136. The Morgan fingerprint density at radius 3 is 2.44 bits per heavy atom. The Kier molecular flexibility index (Phi) is 6.56. The lowest BCUT2D eigenvalue weighted by Gasteiger charge is -2.40. The summed E-state index contributed by atoms with van der Waals surface area (Å²) >= 11 is 0. The van der Waals surface area contributed by atoms with E-state index in [1.807, 2.05) is 41.3 Å². The van der Waals surface area contributed by atoms with Gasteiger partial charge in [-0.3, -0.25) is 9.78 Å². The number of rotatable bonds is 5. The van der Waals surface area contributed by atoms with Gasteiger partial charge in [0.15, 0.2) is 5.82 Å². The number of pyridine rings is 1. The van der Waals surface area contributed by atoms with Gasteiger partial charge < -0.3 is 19.4 Å². The minimum absolute atomic E-state index is 0.00101. The van der Waals surface area contributed by atoms with Crippen molar-refractivity contribution in [3.05, 3.63) is 60.9 Å². The molecule has 2 saturated heterocycles. The van der Waals surface area contributed by atoms with Gasteiger partial charge in [0, 0.05) is 62.9 Å². The topological polar surface area (TPSA) is 74.7 Å². The number of anilines is 2. The number of hydrogen-bond acceptors (Lipinski definition) is 7. The van der Waals surface area contributed by atoms with E-state index in [0.717, 1.165) is 68.4 Å². The van der Waals surface area contributed by atoms with E-state index in [-0.39, 0.29) is 11.8 Å². The highest BCUT2D eigenvalue weighted by Crippen LogP contribution is 2.26. The van der Waals surface area contributed by atoms with E-state index < -0.39 is 0 Å². The Morgan fingerprint density at radius 1 is 0.941 bits per heavy atom. The van der Waals surface area contributed by atoms with Crippen molar-refractivity contribution in [3.63, 3.8) is 0 Å². The summed E-state index contributed by atoms with van der Waals surface area (Å²) in [6, 6.07) is 16.0. The second kappa shape index (κ2) is 10.1. The van der Waals surface area contributed by atoms with Crippen molar-refractivity contribution in [2.45, 2.75) is 12.8 Å². The van der Waals surface area contributed by atoms with E-state index in [2.05, 4.69) is 37.1 Å². The van der Waals surface area contributed by atoms with Crippen LogP contribution < -0.4 is 14.5 Å². The zero-order valence-electron chi connectivity index (χ0n) is 19.5. The predicted molar refractivity (Wildman–Crippen MR) is 132 cm³/mol. The molecule has 2 aliphatic heterocycles. The molecule has 0 aliphatic carbocycles. The highest BCUT2D eigenvalue weighted by atomic mass is 16.5. The third-order valence-corrected chi connectivity index (χ3v) is 6.73. The van der Waals surface area contributed by atoms with Gasteiger partial charge >= 0.3 is 0 Å². The van der Waals surface area contributed by atoms with Crippen molar-refractivity contribution < 1.29 is 9.53 Å². The number of amides is 1. The van der Waals surface area contributed by atoms with E-state index in [0.29, 0.717) is 6.54 Å². The monoisotopic (exact) mass is 458 g/mol. The van der Waals surface area contributed by atoms with E-state index in [1.165, 1.54) is 5.69 Å². The van der Waals surface area contributed by atoms with Crippen LogP contribution in [-0.4, -0.2) is 72.4 Å². The Hall–Kier alpha value is -3.68.